The Labute approximate surface area is 120 Å². The second-order valence-corrected chi connectivity index (χ2v) is 5.01. The fourth-order valence-corrected chi connectivity index (χ4v) is 2.28. The standard InChI is InChI=1S/C17H21FN2/c1-2-9-19-17(13-16-8-3-4-10-20-16)12-14-6-5-7-15(18)11-14/h3-8,10-11,17,19H,2,9,12-13H2,1H3. The maximum Gasteiger partial charge on any atom is 0.123 e. The third-order valence-electron chi connectivity index (χ3n) is 3.24. The Balaban J connectivity index is 2.03. The zero-order valence-electron chi connectivity index (χ0n) is 11.8. The molecular formula is C17H21FN2. The van der Waals surface area contributed by atoms with Crippen molar-refractivity contribution in [3.63, 3.8) is 0 Å². The summed E-state index contributed by atoms with van der Waals surface area (Å²) in [5.74, 6) is -0.172. The Morgan fingerprint density at radius 2 is 2.05 bits per heavy atom. The number of nitrogens with zero attached hydrogens (tertiary/aromatic N) is 1. The van der Waals surface area contributed by atoms with Gasteiger partial charge in [0.1, 0.15) is 5.82 Å². The van der Waals surface area contributed by atoms with Gasteiger partial charge in [0.2, 0.25) is 0 Å². The van der Waals surface area contributed by atoms with Crippen LogP contribution in [0.1, 0.15) is 24.6 Å². The number of benzene rings is 1. The van der Waals surface area contributed by atoms with Crippen molar-refractivity contribution in [1.82, 2.24) is 10.3 Å². The average Bonchev–Trinajstić information content (AvgIpc) is 2.46. The largest absolute Gasteiger partial charge is 0.313 e. The summed E-state index contributed by atoms with van der Waals surface area (Å²) < 4.78 is 13.3. The molecule has 0 bridgehead atoms. The maximum atomic E-state index is 13.3. The van der Waals surface area contributed by atoms with Crippen molar-refractivity contribution < 1.29 is 4.39 Å². The molecule has 0 aliphatic carbocycles. The van der Waals surface area contributed by atoms with Gasteiger partial charge in [0.15, 0.2) is 0 Å². The van der Waals surface area contributed by atoms with Gasteiger partial charge in [0, 0.05) is 24.4 Å². The molecule has 1 atom stereocenters. The number of nitrogens with one attached hydrogen (secondary N) is 1. The summed E-state index contributed by atoms with van der Waals surface area (Å²) in [4.78, 5) is 4.37. The van der Waals surface area contributed by atoms with Crippen molar-refractivity contribution in [3.8, 4) is 0 Å². The summed E-state index contributed by atoms with van der Waals surface area (Å²) in [7, 11) is 0. The van der Waals surface area contributed by atoms with Crippen molar-refractivity contribution in [2.75, 3.05) is 6.54 Å². The van der Waals surface area contributed by atoms with Crippen molar-refractivity contribution in [1.29, 1.82) is 0 Å². The normalized spacial score (nSPS) is 12.3. The van der Waals surface area contributed by atoms with E-state index in [0.29, 0.717) is 0 Å². The van der Waals surface area contributed by atoms with E-state index in [4.69, 9.17) is 0 Å². The third kappa shape index (κ3) is 4.74. The lowest BCUT2D eigenvalue weighted by Crippen LogP contribution is -2.34. The number of rotatable bonds is 7. The lowest BCUT2D eigenvalue weighted by atomic mass is 10.0. The van der Waals surface area contributed by atoms with Gasteiger partial charge in [0.05, 0.1) is 0 Å². The summed E-state index contributed by atoms with van der Waals surface area (Å²) in [5, 5.41) is 3.52. The lowest BCUT2D eigenvalue weighted by molar-refractivity contribution is 0.499. The van der Waals surface area contributed by atoms with E-state index in [9.17, 15) is 4.39 Å². The SMILES string of the molecule is CCCNC(Cc1cccc(F)c1)Cc1ccccn1. The van der Waals surface area contributed by atoms with Gasteiger partial charge >= 0.3 is 0 Å². The van der Waals surface area contributed by atoms with Crippen LogP contribution in [0.3, 0.4) is 0 Å². The van der Waals surface area contributed by atoms with Crippen LogP contribution in [0.5, 0.6) is 0 Å². The first-order valence-corrected chi connectivity index (χ1v) is 7.15. The Morgan fingerprint density at radius 1 is 1.15 bits per heavy atom. The number of hydrogen-bond donors (Lipinski definition) is 1. The molecule has 1 N–H and O–H groups in total. The van der Waals surface area contributed by atoms with E-state index in [-0.39, 0.29) is 11.9 Å². The molecule has 0 aliphatic rings. The molecule has 2 rings (SSSR count). The molecule has 0 saturated carbocycles. The van der Waals surface area contributed by atoms with Gasteiger partial charge in [-0.25, -0.2) is 4.39 Å². The van der Waals surface area contributed by atoms with Gasteiger partial charge < -0.3 is 5.32 Å². The highest BCUT2D eigenvalue weighted by molar-refractivity contribution is 5.18. The van der Waals surface area contributed by atoms with Crippen LogP contribution in [0, 0.1) is 5.82 Å². The smallest absolute Gasteiger partial charge is 0.123 e. The quantitative estimate of drug-likeness (QED) is 0.836. The summed E-state index contributed by atoms with van der Waals surface area (Å²) >= 11 is 0. The maximum absolute atomic E-state index is 13.3. The first-order chi connectivity index (χ1) is 9.78. The molecule has 0 amide bonds. The number of pyridine rings is 1. The molecule has 2 aromatic rings. The molecule has 106 valence electrons. The summed E-state index contributed by atoms with van der Waals surface area (Å²) in [5.41, 5.74) is 2.09. The second kappa shape index (κ2) is 7.75. The van der Waals surface area contributed by atoms with Crippen LogP contribution < -0.4 is 5.32 Å². The topological polar surface area (TPSA) is 24.9 Å². The van der Waals surface area contributed by atoms with E-state index in [2.05, 4.69) is 17.2 Å². The molecule has 0 saturated heterocycles. The molecular weight excluding hydrogens is 251 g/mol. The fourth-order valence-electron chi connectivity index (χ4n) is 2.28. The Kier molecular flexibility index (Phi) is 5.69. The van der Waals surface area contributed by atoms with E-state index < -0.39 is 0 Å². The molecule has 0 fully saturated rings. The Hall–Kier alpha value is -1.74. The van der Waals surface area contributed by atoms with Gasteiger partial charge in [-0.1, -0.05) is 25.1 Å². The van der Waals surface area contributed by atoms with Crippen LogP contribution in [0.4, 0.5) is 4.39 Å². The van der Waals surface area contributed by atoms with Crippen molar-refractivity contribution >= 4 is 0 Å². The highest BCUT2D eigenvalue weighted by Crippen LogP contribution is 2.09. The second-order valence-electron chi connectivity index (χ2n) is 5.01. The molecule has 0 spiro atoms. The van der Waals surface area contributed by atoms with Gasteiger partial charge in [-0.3, -0.25) is 4.98 Å². The highest BCUT2D eigenvalue weighted by atomic mass is 19.1. The van der Waals surface area contributed by atoms with E-state index in [1.165, 1.54) is 6.07 Å². The van der Waals surface area contributed by atoms with Crippen molar-refractivity contribution in [2.24, 2.45) is 0 Å². The lowest BCUT2D eigenvalue weighted by Gasteiger charge is -2.18. The molecule has 1 aromatic heterocycles. The number of hydrogen-bond acceptors (Lipinski definition) is 2. The Bertz CT molecular complexity index is 513. The predicted octanol–water partition coefficient (Wildman–Crippen LogP) is 3.37. The molecule has 20 heavy (non-hydrogen) atoms. The molecule has 0 radical (unpaired) electrons. The van der Waals surface area contributed by atoms with Crippen LogP contribution in [-0.2, 0) is 12.8 Å². The van der Waals surface area contributed by atoms with E-state index in [1.54, 1.807) is 12.1 Å². The van der Waals surface area contributed by atoms with Crippen LogP contribution >= 0.6 is 0 Å². The molecule has 1 unspecified atom stereocenters. The summed E-state index contributed by atoms with van der Waals surface area (Å²) in [6.07, 6.45) is 4.57. The first-order valence-electron chi connectivity index (χ1n) is 7.15. The molecule has 2 nitrogen and oxygen atoms in total. The third-order valence-corrected chi connectivity index (χ3v) is 3.24. The van der Waals surface area contributed by atoms with Gasteiger partial charge in [-0.2, -0.15) is 0 Å². The van der Waals surface area contributed by atoms with Gasteiger partial charge in [-0.05, 0) is 49.2 Å². The minimum Gasteiger partial charge on any atom is -0.313 e. The van der Waals surface area contributed by atoms with Crippen LogP contribution in [-0.4, -0.2) is 17.6 Å². The Morgan fingerprint density at radius 3 is 2.75 bits per heavy atom. The molecule has 0 aliphatic heterocycles. The zero-order valence-corrected chi connectivity index (χ0v) is 11.8. The molecule has 3 heteroatoms. The summed E-state index contributed by atoms with van der Waals surface area (Å²) in [6.45, 7) is 3.11. The van der Waals surface area contributed by atoms with E-state index in [0.717, 1.165) is 37.1 Å². The van der Waals surface area contributed by atoms with Gasteiger partial charge in [0.25, 0.3) is 0 Å². The fraction of sp³-hybridized carbons (Fsp3) is 0.353. The van der Waals surface area contributed by atoms with Crippen molar-refractivity contribution in [2.45, 2.75) is 32.2 Å². The minimum absolute atomic E-state index is 0.172. The molecule has 1 aromatic carbocycles. The van der Waals surface area contributed by atoms with Crippen molar-refractivity contribution in [3.05, 3.63) is 65.7 Å². The van der Waals surface area contributed by atoms with Crippen LogP contribution in [0.15, 0.2) is 48.7 Å². The number of aromatic nitrogens is 1. The van der Waals surface area contributed by atoms with Gasteiger partial charge in [-0.15, -0.1) is 0 Å². The average molecular weight is 272 g/mol. The number of halogens is 1. The van der Waals surface area contributed by atoms with Crippen LogP contribution in [0.25, 0.3) is 0 Å². The van der Waals surface area contributed by atoms with E-state index >= 15 is 0 Å². The predicted molar refractivity (Wildman–Crippen MR) is 80.1 cm³/mol. The first kappa shape index (κ1) is 14.7. The monoisotopic (exact) mass is 272 g/mol. The zero-order chi connectivity index (χ0) is 14.2. The minimum atomic E-state index is -0.172. The van der Waals surface area contributed by atoms with Crippen LogP contribution in [0.2, 0.25) is 0 Å². The molecule has 1 heterocycles. The summed E-state index contributed by atoms with van der Waals surface area (Å²) in [6, 6.07) is 13.1. The van der Waals surface area contributed by atoms with E-state index in [1.807, 2.05) is 30.5 Å². The highest BCUT2D eigenvalue weighted by Gasteiger charge is 2.11.